The Balaban J connectivity index is 1.81. The van der Waals surface area contributed by atoms with Crippen molar-refractivity contribution in [3.05, 3.63) is 27.7 Å². The summed E-state index contributed by atoms with van der Waals surface area (Å²) in [7, 11) is 1.74. The molecule has 0 spiro atoms. The smallest absolute Gasteiger partial charge is 0.347 e. The first-order valence-corrected chi connectivity index (χ1v) is 6.83. The molecule has 0 radical (unpaired) electrons. The molecule has 2 amide bonds. The zero-order valence-corrected chi connectivity index (χ0v) is 12.3. The van der Waals surface area contributed by atoms with Crippen molar-refractivity contribution in [3.63, 3.8) is 0 Å². The van der Waals surface area contributed by atoms with Gasteiger partial charge in [0, 0.05) is 7.05 Å². The molecule has 0 aliphatic carbocycles. The van der Waals surface area contributed by atoms with E-state index in [9.17, 15) is 9.59 Å². The standard InChI is InChI=1S/C11H14N6O3S/c1-6-9(10(18)19)21-8(15-6)4-13-11(20)12-3-7-14-5-17(2)16-7/h5H,3-4H2,1-2H3,(H,18,19)(H2,12,13,20). The van der Waals surface area contributed by atoms with Gasteiger partial charge in [-0.15, -0.1) is 11.3 Å². The number of aryl methyl sites for hydroxylation is 2. The van der Waals surface area contributed by atoms with Gasteiger partial charge in [0.2, 0.25) is 0 Å². The molecule has 0 unspecified atom stereocenters. The van der Waals surface area contributed by atoms with Crippen LogP contribution in [-0.2, 0) is 20.1 Å². The van der Waals surface area contributed by atoms with E-state index in [4.69, 9.17) is 5.11 Å². The molecule has 0 atom stereocenters. The number of nitrogens with one attached hydrogen (secondary N) is 2. The largest absolute Gasteiger partial charge is 0.477 e. The van der Waals surface area contributed by atoms with Gasteiger partial charge < -0.3 is 15.7 Å². The minimum atomic E-state index is -1.01. The second kappa shape index (κ2) is 6.31. The number of hydrogen-bond donors (Lipinski definition) is 3. The number of carbonyl (C=O) groups is 2. The lowest BCUT2D eigenvalue weighted by atomic mass is 10.4. The molecular weight excluding hydrogens is 296 g/mol. The number of hydrogen-bond acceptors (Lipinski definition) is 6. The average Bonchev–Trinajstić information content (AvgIpc) is 3.00. The van der Waals surface area contributed by atoms with Crippen LogP contribution in [0.1, 0.15) is 26.2 Å². The number of carboxylic acid groups (broad SMARTS) is 1. The number of urea groups is 1. The van der Waals surface area contributed by atoms with Gasteiger partial charge in [-0.05, 0) is 6.92 Å². The number of nitrogens with zero attached hydrogens (tertiary/aromatic N) is 4. The summed E-state index contributed by atoms with van der Waals surface area (Å²) in [6.45, 7) is 2.00. The number of carbonyl (C=O) groups excluding carboxylic acids is 1. The molecule has 21 heavy (non-hydrogen) atoms. The van der Waals surface area contributed by atoms with E-state index >= 15 is 0 Å². The van der Waals surface area contributed by atoms with Crippen LogP contribution in [0.15, 0.2) is 6.33 Å². The summed E-state index contributed by atoms with van der Waals surface area (Å²) in [5, 5.41) is 18.7. The van der Waals surface area contributed by atoms with Gasteiger partial charge in [-0.25, -0.2) is 19.6 Å². The highest BCUT2D eigenvalue weighted by atomic mass is 32.1. The monoisotopic (exact) mass is 310 g/mol. The number of thiazole rings is 1. The van der Waals surface area contributed by atoms with Crippen LogP contribution in [0, 0.1) is 6.92 Å². The van der Waals surface area contributed by atoms with Crippen LogP contribution in [-0.4, -0.2) is 36.9 Å². The maximum absolute atomic E-state index is 11.6. The second-order valence-corrected chi connectivity index (χ2v) is 5.28. The Labute approximate surface area is 124 Å². The number of carboxylic acids is 1. The minimum absolute atomic E-state index is 0.167. The first-order valence-electron chi connectivity index (χ1n) is 6.01. The van der Waals surface area contributed by atoms with Crippen molar-refractivity contribution in [3.8, 4) is 0 Å². The summed E-state index contributed by atoms with van der Waals surface area (Å²) in [4.78, 5) is 30.7. The Morgan fingerprint density at radius 2 is 2.10 bits per heavy atom. The minimum Gasteiger partial charge on any atom is -0.477 e. The molecule has 2 rings (SSSR count). The van der Waals surface area contributed by atoms with E-state index in [-0.39, 0.29) is 18.0 Å². The van der Waals surface area contributed by atoms with Crippen LogP contribution in [0.4, 0.5) is 4.79 Å². The summed E-state index contributed by atoms with van der Waals surface area (Å²) >= 11 is 1.05. The fourth-order valence-corrected chi connectivity index (χ4v) is 2.41. The molecule has 2 heterocycles. The van der Waals surface area contributed by atoms with Crippen molar-refractivity contribution in [2.45, 2.75) is 20.0 Å². The van der Waals surface area contributed by atoms with Crippen LogP contribution in [0.5, 0.6) is 0 Å². The Kier molecular flexibility index (Phi) is 4.48. The lowest BCUT2D eigenvalue weighted by Gasteiger charge is -2.03. The molecule has 2 aromatic heterocycles. The van der Waals surface area contributed by atoms with Gasteiger partial charge in [0.25, 0.3) is 0 Å². The average molecular weight is 310 g/mol. The van der Waals surface area contributed by atoms with Crippen LogP contribution in [0.3, 0.4) is 0 Å². The van der Waals surface area contributed by atoms with Crippen LogP contribution < -0.4 is 10.6 Å². The van der Waals surface area contributed by atoms with E-state index in [0.717, 1.165) is 11.3 Å². The molecule has 2 aromatic rings. The van der Waals surface area contributed by atoms with Gasteiger partial charge in [-0.1, -0.05) is 0 Å². The number of amides is 2. The van der Waals surface area contributed by atoms with Gasteiger partial charge in [0.1, 0.15) is 16.2 Å². The third-order valence-corrected chi connectivity index (χ3v) is 3.63. The van der Waals surface area contributed by atoms with Crippen molar-refractivity contribution in [1.82, 2.24) is 30.4 Å². The Morgan fingerprint density at radius 1 is 1.38 bits per heavy atom. The molecule has 0 aliphatic rings. The maximum Gasteiger partial charge on any atom is 0.347 e. The molecule has 0 saturated heterocycles. The van der Waals surface area contributed by atoms with Crippen molar-refractivity contribution in [2.24, 2.45) is 7.05 Å². The number of aromatic nitrogens is 4. The Hall–Kier alpha value is -2.49. The summed E-state index contributed by atoms with van der Waals surface area (Å²) in [5.41, 5.74) is 0.447. The molecule has 112 valence electrons. The van der Waals surface area contributed by atoms with Crippen molar-refractivity contribution in [1.29, 1.82) is 0 Å². The van der Waals surface area contributed by atoms with Crippen LogP contribution in [0.25, 0.3) is 0 Å². The van der Waals surface area contributed by atoms with E-state index in [0.29, 0.717) is 16.5 Å². The molecule has 0 saturated carbocycles. The highest BCUT2D eigenvalue weighted by molar-refractivity contribution is 7.13. The maximum atomic E-state index is 11.6. The van der Waals surface area contributed by atoms with Crippen LogP contribution in [0.2, 0.25) is 0 Å². The molecule has 0 bridgehead atoms. The third-order valence-electron chi connectivity index (χ3n) is 2.49. The predicted octanol–water partition coefficient (Wildman–Crippen LogP) is 0.278. The van der Waals surface area contributed by atoms with E-state index in [1.54, 1.807) is 25.0 Å². The first kappa shape index (κ1) is 14.9. The van der Waals surface area contributed by atoms with Gasteiger partial charge in [-0.2, -0.15) is 5.10 Å². The highest BCUT2D eigenvalue weighted by Crippen LogP contribution is 2.17. The fourth-order valence-electron chi connectivity index (χ4n) is 1.57. The van der Waals surface area contributed by atoms with Crippen LogP contribution >= 0.6 is 11.3 Å². The molecule has 0 aliphatic heterocycles. The molecule has 0 aromatic carbocycles. The molecule has 0 fully saturated rings. The molecule has 9 nitrogen and oxygen atoms in total. The normalized spacial score (nSPS) is 10.4. The predicted molar refractivity (Wildman–Crippen MR) is 73.9 cm³/mol. The topological polar surface area (TPSA) is 122 Å². The van der Waals surface area contributed by atoms with E-state index in [1.165, 1.54) is 0 Å². The third kappa shape index (κ3) is 3.99. The lowest BCUT2D eigenvalue weighted by Crippen LogP contribution is -2.34. The van der Waals surface area contributed by atoms with E-state index in [2.05, 4.69) is 25.7 Å². The summed E-state index contributed by atoms with van der Waals surface area (Å²) in [6, 6.07) is -0.396. The molecule has 3 N–H and O–H groups in total. The van der Waals surface area contributed by atoms with Gasteiger partial charge in [0.15, 0.2) is 5.82 Å². The van der Waals surface area contributed by atoms with E-state index < -0.39 is 12.0 Å². The van der Waals surface area contributed by atoms with Crippen molar-refractivity contribution < 1.29 is 14.7 Å². The molecular formula is C11H14N6O3S. The Bertz CT molecular complexity index is 665. The highest BCUT2D eigenvalue weighted by Gasteiger charge is 2.14. The van der Waals surface area contributed by atoms with Crippen molar-refractivity contribution >= 4 is 23.3 Å². The Morgan fingerprint density at radius 3 is 2.67 bits per heavy atom. The fraction of sp³-hybridized carbons (Fsp3) is 0.364. The lowest BCUT2D eigenvalue weighted by molar-refractivity contribution is 0.0701. The number of aromatic carboxylic acids is 1. The number of rotatable bonds is 5. The summed E-state index contributed by atoms with van der Waals surface area (Å²) < 4.78 is 1.54. The zero-order valence-electron chi connectivity index (χ0n) is 11.5. The van der Waals surface area contributed by atoms with Crippen molar-refractivity contribution in [2.75, 3.05) is 0 Å². The zero-order chi connectivity index (χ0) is 15.4. The summed E-state index contributed by atoms with van der Waals surface area (Å²) in [6.07, 6.45) is 1.54. The van der Waals surface area contributed by atoms with Gasteiger partial charge in [-0.3, -0.25) is 4.68 Å². The van der Waals surface area contributed by atoms with Gasteiger partial charge in [0.05, 0.1) is 18.8 Å². The van der Waals surface area contributed by atoms with Gasteiger partial charge >= 0.3 is 12.0 Å². The SMILES string of the molecule is Cc1nc(CNC(=O)NCc2ncn(C)n2)sc1C(=O)O. The van der Waals surface area contributed by atoms with E-state index in [1.807, 2.05) is 0 Å². The first-order chi connectivity index (χ1) is 9.95. The second-order valence-electron chi connectivity index (χ2n) is 4.20. The summed E-state index contributed by atoms with van der Waals surface area (Å²) in [5.74, 6) is -0.507. The quantitative estimate of drug-likeness (QED) is 0.729. The molecule has 10 heteroatoms.